The maximum absolute atomic E-state index is 8.83. The molecule has 0 radical (unpaired) electrons. The molecule has 0 aliphatic carbocycles. The highest BCUT2D eigenvalue weighted by atomic mass is 16.5. The van der Waals surface area contributed by atoms with Gasteiger partial charge in [-0.3, -0.25) is 5.10 Å². The molecule has 0 aliphatic rings. The van der Waals surface area contributed by atoms with Gasteiger partial charge in [0.05, 0.1) is 7.11 Å². The number of nitrogens with one attached hydrogen (secondary N) is 1. The lowest BCUT2D eigenvalue weighted by molar-refractivity contribution is 0.272. The number of H-pyrrole nitrogens is 1. The Labute approximate surface area is 93.1 Å². The van der Waals surface area contributed by atoms with E-state index in [1.165, 1.54) is 0 Å². The summed E-state index contributed by atoms with van der Waals surface area (Å²) in [4.78, 5) is 4.12. The fourth-order valence-electron chi connectivity index (χ4n) is 1.46. The van der Waals surface area contributed by atoms with Gasteiger partial charge in [-0.25, -0.2) is 4.98 Å². The van der Waals surface area contributed by atoms with E-state index < -0.39 is 0 Å². The number of aliphatic hydroxyl groups is 1. The van der Waals surface area contributed by atoms with Gasteiger partial charge in [-0.2, -0.15) is 5.10 Å². The summed E-state index contributed by atoms with van der Waals surface area (Å²) in [5, 5.41) is 15.5. The van der Waals surface area contributed by atoms with Gasteiger partial charge in [0.15, 0.2) is 5.82 Å². The summed E-state index contributed by atoms with van der Waals surface area (Å²) < 4.78 is 5.13. The van der Waals surface area contributed by atoms with Crippen LogP contribution in [0.1, 0.15) is 17.2 Å². The normalized spacial score (nSPS) is 10.4. The van der Waals surface area contributed by atoms with Crippen molar-refractivity contribution in [3.63, 3.8) is 0 Å². The second-order valence-corrected chi connectivity index (χ2v) is 3.38. The first-order chi connectivity index (χ1) is 7.81. The van der Waals surface area contributed by atoms with Gasteiger partial charge < -0.3 is 9.84 Å². The molecule has 2 N–H and O–H groups in total. The smallest absolute Gasteiger partial charge is 0.176 e. The minimum absolute atomic E-state index is 0.144. The van der Waals surface area contributed by atoms with Crippen LogP contribution in [0.15, 0.2) is 24.3 Å². The molecule has 1 aromatic carbocycles. The van der Waals surface area contributed by atoms with Crippen LogP contribution in [0.4, 0.5) is 0 Å². The summed E-state index contributed by atoms with van der Waals surface area (Å²) in [5.74, 6) is 1.97. The van der Waals surface area contributed by atoms with E-state index >= 15 is 0 Å². The number of benzene rings is 1. The van der Waals surface area contributed by atoms with E-state index in [9.17, 15) is 0 Å². The Kier molecular flexibility index (Phi) is 3.16. The van der Waals surface area contributed by atoms with E-state index in [0.29, 0.717) is 12.2 Å². The standard InChI is InChI=1S/C11H13N3O2/c1-16-9-4-2-3-8(5-9)6-10-12-11(7-15)14-13-10/h2-5,15H,6-7H2,1H3,(H,12,13,14). The minimum atomic E-state index is -0.144. The topological polar surface area (TPSA) is 71.0 Å². The van der Waals surface area contributed by atoms with Crippen LogP contribution in [0.2, 0.25) is 0 Å². The van der Waals surface area contributed by atoms with Crippen molar-refractivity contribution in [1.82, 2.24) is 15.2 Å². The number of methoxy groups -OCH3 is 1. The van der Waals surface area contributed by atoms with Crippen molar-refractivity contribution >= 4 is 0 Å². The number of aromatic nitrogens is 3. The summed E-state index contributed by atoms with van der Waals surface area (Å²) in [6.45, 7) is -0.144. The largest absolute Gasteiger partial charge is 0.497 e. The lowest BCUT2D eigenvalue weighted by Crippen LogP contribution is -1.92. The molecular formula is C11H13N3O2. The second kappa shape index (κ2) is 4.76. The van der Waals surface area contributed by atoms with Crippen LogP contribution in [-0.2, 0) is 13.0 Å². The first-order valence-corrected chi connectivity index (χ1v) is 4.96. The van der Waals surface area contributed by atoms with E-state index in [0.717, 1.165) is 17.1 Å². The number of ether oxygens (including phenoxy) is 1. The summed E-state index contributed by atoms with van der Waals surface area (Å²) in [7, 11) is 1.64. The van der Waals surface area contributed by atoms with Crippen molar-refractivity contribution in [2.75, 3.05) is 7.11 Å². The van der Waals surface area contributed by atoms with E-state index in [1.807, 2.05) is 24.3 Å². The Morgan fingerprint density at radius 2 is 2.31 bits per heavy atom. The third kappa shape index (κ3) is 2.38. The molecule has 84 valence electrons. The van der Waals surface area contributed by atoms with Crippen molar-refractivity contribution in [2.45, 2.75) is 13.0 Å². The molecule has 2 aromatic rings. The van der Waals surface area contributed by atoms with Gasteiger partial charge in [0.25, 0.3) is 0 Å². The molecule has 5 heteroatoms. The summed E-state index contributed by atoms with van der Waals surface area (Å²) >= 11 is 0. The predicted octanol–water partition coefficient (Wildman–Crippen LogP) is 0.896. The van der Waals surface area contributed by atoms with Gasteiger partial charge in [0, 0.05) is 6.42 Å². The van der Waals surface area contributed by atoms with E-state index in [4.69, 9.17) is 9.84 Å². The highest BCUT2D eigenvalue weighted by Crippen LogP contribution is 2.14. The van der Waals surface area contributed by atoms with Crippen LogP contribution in [0.5, 0.6) is 5.75 Å². The van der Waals surface area contributed by atoms with Gasteiger partial charge in [-0.15, -0.1) is 0 Å². The summed E-state index contributed by atoms with van der Waals surface area (Å²) in [6, 6.07) is 7.76. The zero-order chi connectivity index (χ0) is 11.4. The Balaban J connectivity index is 2.13. The van der Waals surface area contributed by atoms with Gasteiger partial charge in [-0.1, -0.05) is 12.1 Å². The number of nitrogens with zero attached hydrogens (tertiary/aromatic N) is 2. The molecule has 0 saturated heterocycles. The Bertz CT molecular complexity index is 468. The summed E-state index contributed by atoms with van der Waals surface area (Å²) in [5.41, 5.74) is 1.08. The molecule has 0 saturated carbocycles. The number of hydrogen-bond acceptors (Lipinski definition) is 4. The average Bonchev–Trinajstić information content (AvgIpc) is 2.77. The minimum Gasteiger partial charge on any atom is -0.497 e. The second-order valence-electron chi connectivity index (χ2n) is 3.38. The third-order valence-electron chi connectivity index (χ3n) is 2.23. The molecule has 16 heavy (non-hydrogen) atoms. The quantitative estimate of drug-likeness (QED) is 0.801. The van der Waals surface area contributed by atoms with Crippen molar-refractivity contribution < 1.29 is 9.84 Å². The molecular weight excluding hydrogens is 206 g/mol. The third-order valence-corrected chi connectivity index (χ3v) is 2.23. The average molecular weight is 219 g/mol. The molecule has 0 fully saturated rings. The fraction of sp³-hybridized carbons (Fsp3) is 0.273. The van der Waals surface area contributed by atoms with Gasteiger partial charge in [0.1, 0.15) is 18.2 Å². The molecule has 0 aliphatic heterocycles. The Hall–Kier alpha value is -1.88. The van der Waals surface area contributed by atoms with Crippen LogP contribution >= 0.6 is 0 Å². The molecule has 0 spiro atoms. The van der Waals surface area contributed by atoms with Gasteiger partial charge in [0.2, 0.25) is 0 Å². The lowest BCUT2D eigenvalue weighted by Gasteiger charge is -2.02. The predicted molar refractivity (Wildman–Crippen MR) is 58.1 cm³/mol. The van der Waals surface area contributed by atoms with Crippen LogP contribution in [0, 0.1) is 0 Å². The van der Waals surface area contributed by atoms with Crippen LogP contribution < -0.4 is 4.74 Å². The number of hydrogen-bond donors (Lipinski definition) is 2. The molecule has 0 bridgehead atoms. The first kappa shape index (κ1) is 10.6. The number of aromatic amines is 1. The van der Waals surface area contributed by atoms with E-state index in [-0.39, 0.29) is 6.61 Å². The van der Waals surface area contributed by atoms with Crippen LogP contribution in [-0.4, -0.2) is 27.4 Å². The fourth-order valence-corrected chi connectivity index (χ4v) is 1.46. The van der Waals surface area contributed by atoms with Crippen molar-refractivity contribution in [3.05, 3.63) is 41.5 Å². The summed E-state index contributed by atoms with van der Waals surface area (Å²) in [6.07, 6.45) is 0.643. The zero-order valence-electron chi connectivity index (χ0n) is 8.97. The van der Waals surface area contributed by atoms with Crippen LogP contribution in [0.25, 0.3) is 0 Å². The molecule has 0 amide bonds. The van der Waals surface area contributed by atoms with Crippen molar-refractivity contribution in [2.24, 2.45) is 0 Å². The molecule has 0 atom stereocenters. The zero-order valence-corrected chi connectivity index (χ0v) is 8.97. The molecule has 2 rings (SSSR count). The molecule has 1 aromatic heterocycles. The number of rotatable bonds is 4. The van der Waals surface area contributed by atoms with Crippen molar-refractivity contribution in [3.8, 4) is 5.75 Å². The lowest BCUT2D eigenvalue weighted by atomic mass is 10.1. The van der Waals surface area contributed by atoms with Gasteiger partial charge >= 0.3 is 0 Å². The highest BCUT2D eigenvalue weighted by Gasteiger charge is 2.03. The SMILES string of the molecule is COc1cccc(Cc2nc(CO)n[nH]2)c1. The van der Waals surface area contributed by atoms with Gasteiger partial charge in [-0.05, 0) is 17.7 Å². The highest BCUT2D eigenvalue weighted by molar-refractivity contribution is 5.30. The Morgan fingerprint density at radius 3 is 3.00 bits per heavy atom. The first-order valence-electron chi connectivity index (χ1n) is 4.96. The number of aliphatic hydroxyl groups excluding tert-OH is 1. The van der Waals surface area contributed by atoms with Crippen LogP contribution in [0.3, 0.4) is 0 Å². The molecule has 1 heterocycles. The molecule has 0 unspecified atom stereocenters. The van der Waals surface area contributed by atoms with Crippen molar-refractivity contribution in [1.29, 1.82) is 0 Å². The monoisotopic (exact) mass is 219 g/mol. The Morgan fingerprint density at radius 1 is 1.44 bits per heavy atom. The van der Waals surface area contributed by atoms with E-state index in [1.54, 1.807) is 7.11 Å². The molecule has 5 nitrogen and oxygen atoms in total. The van der Waals surface area contributed by atoms with E-state index in [2.05, 4.69) is 15.2 Å². The maximum Gasteiger partial charge on any atom is 0.176 e. The maximum atomic E-state index is 8.83.